The standard InChI is InChI=1S/C17H16ClFN2/c1-11-3-5-14-16(9-11)21(17(20-14)7-8-18)15-6-4-13(19)10-12(15)2/h3-6,9-10H,7-8H2,1-2H3. The van der Waals surface area contributed by atoms with Crippen LogP contribution in [0.15, 0.2) is 36.4 Å². The summed E-state index contributed by atoms with van der Waals surface area (Å²) in [4.78, 5) is 4.67. The highest BCUT2D eigenvalue weighted by atomic mass is 35.5. The zero-order valence-electron chi connectivity index (χ0n) is 12.0. The topological polar surface area (TPSA) is 17.8 Å². The van der Waals surface area contributed by atoms with E-state index in [2.05, 4.69) is 22.5 Å². The average Bonchev–Trinajstić information content (AvgIpc) is 2.77. The summed E-state index contributed by atoms with van der Waals surface area (Å²) in [5.74, 6) is 1.18. The van der Waals surface area contributed by atoms with Crippen LogP contribution in [0.25, 0.3) is 16.7 Å². The van der Waals surface area contributed by atoms with Crippen molar-refractivity contribution >= 4 is 22.6 Å². The van der Waals surface area contributed by atoms with E-state index in [-0.39, 0.29) is 5.82 Å². The maximum atomic E-state index is 13.4. The predicted octanol–water partition coefficient (Wildman–Crippen LogP) is 4.56. The number of hydrogen-bond donors (Lipinski definition) is 0. The molecule has 3 aromatic rings. The summed E-state index contributed by atoms with van der Waals surface area (Å²) in [7, 11) is 0. The van der Waals surface area contributed by atoms with Crippen LogP contribution in [0.2, 0.25) is 0 Å². The molecular weight excluding hydrogens is 287 g/mol. The number of hydrogen-bond acceptors (Lipinski definition) is 1. The maximum absolute atomic E-state index is 13.4. The largest absolute Gasteiger partial charge is 0.296 e. The molecule has 2 nitrogen and oxygen atoms in total. The van der Waals surface area contributed by atoms with E-state index in [9.17, 15) is 4.39 Å². The van der Waals surface area contributed by atoms with Crippen molar-refractivity contribution in [1.82, 2.24) is 9.55 Å². The molecule has 0 spiro atoms. The molecule has 0 aliphatic heterocycles. The van der Waals surface area contributed by atoms with Crippen LogP contribution in [0.4, 0.5) is 4.39 Å². The number of imidazole rings is 1. The summed E-state index contributed by atoms with van der Waals surface area (Å²) in [6.45, 7) is 3.96. The van der Waals surface area contributed by atoms with Crippen molar-refractivity contribution in [2.24, 2.45) is 0 Å². The second-order valence-corrected chi connectivity index (χ2v) is 5.60. The Labute approximate surface area is 128 Å². The monoisotopic (exact) mass is 302 g/mol. The van der Waals surface area contributed by atoms with Crippen molar-refractivity contribution in [2.45, 2.75) is 20.3 Å². The van der Waals surface area contributed by atoms with Crippen LogP contribution in [0.3, 0.4) is 0 Å². The number of benzene rings is 2. The Morgan fingerprint density at radius 3 is 2.67 bits per heavy atom. The van der Waals surface area contributed by atoms with Crippen molar-refractivity contribution in [3.05, 3.63) is 59.2 Å². The molecule has 4 heteroatoms. The molecule has 108 valence electrons. The SMILES string of the molecule is Cc1ccc2nc(CCCl)n(-c3ccc(F)cc3C)c2c1. The van der Waals surface area contributed by atoms with Gasteiger partial charge in [-0.1, -0.05) is 6.07 Å². The number of alkyl halides is 1. The Balaban J connectivity index is 2.32. The van der Waals surface area contributed by atoms with E-state index < -0.39 is 0 Å². The fourth-order valence-electron chi connectivity index (χ4n) is 2.63. The highest BCUT2D eigenvalue weighted by molar-refractivity contribution is 6.17. The van der Waals surface area contributed by atoms with Gasteiger partial charge in [-0.25, -0.2) is 9.37 Å². The molecule has 0 unspecified atom stereocenters. The molecule has 0 aliphatic carbocycles. The number of nitrogens with zero attached hydrogens (tertiary/aromatic N) is 2. The Morgan fingerprint density at radius 2 is 1.95 bits per heavy atom. The predicted molar refractivity (Wildman–Crippen MR) is 84.9 cm³/mol. The number of fused-ring (bicyclic) bond motifs is 1. The summed E-state index contributed by atoms with van der Waals surface area (Å²) in [6, 6.07) is 11.0. The molecule has 0 amide bonds. The van der Waals surface area contributed by atoms with Gasteiger partial charge in [-0.3, -0.25) is 4.57 Å². The van der Waals surface area contributed by atoms with E-state index >= 15 is 0 Å². The zero-order valence-corrected chi connectivity index (χ0v) is 12.8. The lowest BCUT2D eigenvalue weighted by atomic mass is 10.1. The van der Waals surface area contributed by atoms with Crippen molar-refractivity contribution < 1.29 is 4.39 Å². The van der Waals surface area contributed by atoms with Gasteiger partial charge in [0, 0.05) is 12.3 Å². The number of rotatable bonds is 3. The van der Waals surface area contributed by atoms with E-state index in [1.807, 2.05) is 19.1 Å². The summed E-state index contributed by atoms with van der Waals surface area (Å²) in [6.07, 6.45) is 0.673. The molecule has 1 aromatic heterocycles. The number of aromatic nitrogens is 2. The molecule has 0 saturated carbocycles. The Kier molecular flexibility index (Phi) is 3.68. The number of aryl methyl sites for hydroxylation is 3. The quantitative estimate of drug-likeness (QED) is 0.648. The Morgan fingerprint density at radius 1 is 1.14 bits per heavy atom. The van der Waals surface area contributed by atoms with Gasteiger partial charge in [0.05, 0.1) is 16.7 Å². The summed E-state index contributed by atoms with van der Waals surface area (Å²) >= 11 is 5.91. The van der Waals surface area contributed by atoms with Gasteiger partial charge >= 0.3 is 0 Å². The molecule has 2 aromatic carbocycles. The minimum atomic E-state index is -0.226. The molecule has 0 saturated heterocycles. The molecule has 1 heterocycles. The lowest BCUT2D eigenvalue weighted by Gasteiger charge is -2.12. The van der Waals surface area contributed by atoms with Gasteiger partial charge < -0.3 is 0 Å². The highest BCUT2D eigenvalue weighted by Crippen LogP contribution is 2.25. The average molecular weight is 303 g/mol. The molecular formula is C17H16ClFN2. The van der Waals surface area contributed by atoms with Crippen LogP contribution in [0, 0.1) is 19.7 Å². The minimum Gasteiger partial charge on any atom is -0.296 e. The molecule has 0 radical (unpaired) electrons. The van der Waals surface area contributed by atoms with Gasteiger partial charge in [-0.2, -0.15) is 0 Å². The second-order valence-electron chi connectivity index (χ2n) is 5.23. The van der Waals surface area contributed by atoms with Crippen LogP contribution in [-0.4, -0.2) is 15.4 Å². The summed E-state index contributed by atoms with van der Waals surface area (Å²) in [5, 5.41) is 0. The summed E-state index contributed by atoms with van der Waals surface area (Å²) in [5.41, 5.74) is 4.96. The lowest BCUT2D eigenvalue weighted by molar-refractivity contribution is 0.626. The highest BCUT2D eigenvalue weighted by Gasteiger charge is 2.14. The first kappa shape index (κ1) is 14.1. The van der Waals surface area contributed by atoms with E-state index in [1.54, 1.807) is 12.1 Å². The van der Waals surface area contributed by atoms with Crippen LogP contribution < -0.4 is 0 Å². The first-order chi connectivity index (χ1) is 10.1. The summed E-state index contributed by atoms with van der Waals surface area (Å²) < 4.78 is 15.5. The van der Waals surface area contributed by atoms with E-state index in [4.69, 9.17) is 11.6 Å². The van der Waals surface area contributed by atoms with Gasteiger partial charge in [-0.05, 0) is 55.3 Å². The Bertz CT molecular complexity index is 808. The smallest absolute Gasteiger partial charge is 0.123 e. The molecule has 21 heavy (non-hydrogen) atoms. The van der Waals surface area contributed by atoms with Gasteiger partial charge in [-0.15, -0.1) is 11.6 Å². The molecule has 0 atom stereocenters. The van der Waals surface area contributed by atoms with Gasteiger partial charge in [0.2, 0.25) is 0 Å². The lowest BCUT2D eigenvalue weighted by Crippen LogP contribution is -2.04. The maximum Gasteiger partial charge on any atom is 0.123 e. The van der Waals surface area contributed by atoms with Crippen molar-refractivity contribution in [1.29, 1.82) is 0 Å². The molecule has 0 fully saturated rings. The molecule has 0 aliphatic rings. The van der Waals surface area contributed by atoms with Gasteiger partial charge in [0.1, 0.15) is 11.6 Å². The van der Waals surface area contributed by atoms with E-state index in [0.717, 1.165) is 28.1 Å². The zero-order chi connectivity index (χ0) is 15.0. The van der Waals surface area contributed by atoms with Crippen molar-refractivity contribution in [2.75, 3.05) is 5.88 Å². The molecule has 0 bridgehead atoms. The van der Waals surface area contributed by atoms with Crippen molar-refractivity contribution in [3.63, 3.8) is 0 Å². The second kappa shape index (κ2) is 5.49. The third kappa shape index (κ3) is 2.54. The minimum absolute atomic E-state index is 0.226. The third-order valence-corrected chi connectivity index (χ3v) is 3.79. The van der Waals surface area contributed by atoms with Crippen LogP contribution >= 0.6 is 11.6 Å². The van der Waals surface area contributed by atoms with Gasteiger partial charge in [0.15, 0.2) is 0 Å². The fraction of sp³-hybridized carbons (Fsp3) is 0.235. The van der Waals surface area contributed by atoms with Crippen LogP contribution in [0.5, 0.6) is 0 Å². The molecule has 0 N–H and O–H groups in total. The fourth-order valence-corrected chi connectivity index (χ4v) is 2.80. The van der Waals surface area contributed by atoms with Crippen molar-refractivity contribution in [3.8, 4) is 5.69 Å². The normalized spacial score (nSPS) is 11.2. The van der Waals surface area contributed by atoms with Crippen LogP contribution in [0.1, 0.15) is 17.0 Å². The molecule has 3 rings (SSSR count). The first-order valence-electron chi connectivity index (χ1n) is 6.90. The van der Waals surface area contributed by atoms with Crippen LogP contribution in [-0.2, 0) is 6.42 Å². The third-order valence-electron chi connectivity index (χ3n) is 3.60. The number of halogens is 2. The van der Waals surface area contributed by atoms with E-state index in [0.29, 0.717) is 12.3 Å². The first-order valence-corrected chi connectivity index (χ1v) is 7.44. The van der Waals surface area contributed by atoms with E-state index in [1.165, 1.54) is 11.6 Å². The Hall–Kier alpha value is -1.87. The van der Waals surface area contributed by atoms with Gasteiger partial charge in [0.25, 0.3) is 0 Å².